The van der Waals surface area contributed by atoms with Gasteiger partial charge in [-0.2, -0.15) is 24.3 Å². The fraction of sp³-hybridized carbons (Fsp3) is 0.419. The van der Waals surface area contributed by atoms with Gasteiger partial charge in [-0.3, -0.25) is 4.98 Å². The lowest BCUT2D eigenvalue weighted by Crippen LogP contribution is -2.47. The topological polar surface area (TPSA) is 147 Å². The third kappa shape index (κ3) is 6.75. The van der Waals surface area contributed by atoms with E-state index in [0.717, 1.165) is 38.5 Å². The molecule has 0 atom stereocenters. The summed E-state index contributed by atoms with van der Waals surface area (Å²) < 4.78 is 21.6. The van der Waals surface area contributed by atoms with E-state index < -0.39 is 23.4 Å². The molecule has 0 spiro atoms. The largest absolute Gasteiger partial charge is 0.496 e. The van der Waals surface area contributed by atoms with Crippen LogP contribution in [0.5, 0.6) is 5.75 Å². The van der Waals surface area contributed by atoms with E-state index in [0.29, 0.717) is 22.7 Å². The minimum absolute atomic E-state index is 0.0315. The van der Waals surface area contributed by atoms with Crippen LogP contribution in [0.3, 0.4) is 0 Å². The van der Waals surface area contributed by atoms with Crippen LogP contribution in [0, 0.1) is 13.8 Å². The molecule has 0 saturated heterocycles. The molecule has 1 aliphatic carbocycles. The quantitative estimate of drug-likeness (QED) is 0.244. The van der Waals surface area contributed by atoms with Crippen molar-refractivity contribution < 1.29 is 23.8 Å². The fourth-order valence-corrected chi connectivity index (χ4v) is 5.67. The van der Waals surface area contributed by atoms with Gasteiger partial charge in [0, 0.05) is 46.6 Å². The minimum Gasteiger partial charge on any atom is -0.496 e. The Labute approximate surface area is 265 Å². The number of ether oxygens (including phenoxy) is 3. The van der Waals surface area contributed by atoms with Crippen molar-refractivity contribution >= 4 is 30.0 Å². The molecule has 0 radical (unpaired) electrons. The number of pyridine rings is 1. The average Bonchev–Trinajstić information content (AvgIpc) is 3.20. The lowest BCUT2D eigenvalue weighted by molar-refractivity contribution is 0.0148. The smallest absolute Gasteiger partial charge is 0.425 e. The van der Waals surface area contributed by atoms with Crippen molar-refractivity contribution in [1.82, 2.24) is 34.8 Å². The Morgan fingerprint density at radius 2 is 1.62 bits per heavy atom. The molecule has 45 heavy (non-hydrogen) atoms. The highest BCUT2D eigenvalue weighted by Gasteiger charge is 2.40. The third-order valence-electron chi connectivity index (χ3n) is 6.69. The second-order valence-corrected chi connectivity index (χ2v) is 13.3. The summed E-state index contributed by atoms with van der Waals surface area (Å²) in [5.41, 5.74) is 4.59. The lowest BCUT2D eigenvalue weighted by Gasteiger charge is -2.29. The van der Waals surface area contributed by atoms with Crippen LogP contribution in [0.25, 0.3) is 22.4 Å². The summed E-state index contributed by atoms with van der Waals surface area (Å²) in [6.45, 7) is 14.3. The Balaban J connectivity index is 1.73. The van der Waals surface area contributed by atoms with Gasteiger partial charge in [-0.15, -0.1) is 0 Å². The Morgan fingerprint density at radius 3 is 2.22 bits per heavy atom. The van der Waals surface area contributed by atoms with Crippen molar-refractivity contribution in [3.05, 3.63) is 59.1 Å². The number of aryl methyl sites for hydroxylation is 1. The van der Waals surface area contributed by atoms with E-state index in [1.165, 1.54) is 23.1 Å². The van der Waals surface area contributed by atoms with Crippen LogP contribution in [-0.2, 0) is 21.8 Å². The fourth-order valence-electron chi connectivity index (χ4n) is 4.89. The van der Waals surface area contributed by atoms with Gasteiger partial charge in [0.2, 0.25) is 0 Å². The molecule has 0 saturated carbocycles. The number of amides is 2. The normalized spacial score (nSPS) is 13.2. The second-order valence-electron chi connectivity index (χ2n) is 12.5. The Hall–Kier alpha value is -4.59. The SMILES string of the molecule is COc1c(C)cnc(Cn2nc3cc(-c4cncnc4)c4c-3c(n2)C(N(C(=O)OC(C)(C)C)C(=O)OC(C)(C)C)=NSC4)c1C. The van der Waals surface area contributed by atoms with Gasteiger partial charge < -0.3 is 14.2 Å². The first-order valence-corrected chi connectivity index (χ1v) is 15.2. The van der Waals surface area contributed by atoms with Gasteiger partial charge in [-0.05, 0) is 84.5 Å². The van der Waals surface area contributed by atoms with Crippen molar-refractivity contribution in [3.8, 4) is 28.1 Å². The summed E-state index contributed by atoms with van der Waals surface area (Å²) in [6.07, 6.45) is 4.75. The number of hydrogen-bond donors (Lipinski definition) is 0. The van der Waals surface area contributed by atoms with Crippen LogP contribution in [0.4, 0.5) is 9.59 Å². The maximum Gasteiger partial charge on any atom is 0.425 e. The molecule has 2 aromatic rings. The van der Waals surface area contributed by atoms with Crippen molar-refractivity contribution in [2.75, 3.05) is 7.11 Å². The molecular formula is C31H36N8O5S. The first-order chi connectivity index (χ1) is 21.2. The molecule has 2 aliphatic heterocycles. The predicted molar refractivity (Wildman–Crippen MR) is 169 cm³/mol. The number of carbonyl (C=O) groups is 2. The van der Waals surface area contributed by atoms with Crippen LogP contribution in [0.1, 0.15) is 69.6 Å². The number of hydrogen-bond acceptors (Lipinski definition) is 12. The number of rotatable bonds is 4. The van der Waals surface area contributed by atoms with Crippen LogP contribution in [-0.4, -0.2) is 71.2 Å². The monoisotopic (exact) mass is 632 g/mol. The van der Waals surface area contributed by atoms with Gasteiger partial charge in [0.05, 0.1) is 18.5 Å². The molecule has 2 amide bonds. The molecule has 0 aromatic carbocycles. The lowest BCUT2D eigenvalue weighted by atomic mass is 10.0. The first kappa shape index (κ1) is 31.8. The van der Waals surface area contributed by atoms with Gasteiger partial charge in [0.15, 0.2) is 5.84 Å². The average molecular weight is 633 g/mol. The number of amidine groups is 1. The van der Waals surface area contributed by atoms with E-state index in [1.807, 2.05) is 19.9 Å². The summed E-state index contributed by atoms with van der Waals surface area (Å²) in [7, 11) is 1.62. The van der Waals surface area contributed by atoms with Gasteiger partial charge in [0.1, 0.15) is 35.5 Å². The van der Waals surface area contributed by atoms with E-state index in [9.17, 15) is 9.59 Å². The minimum atomic E-state index is -0.943. The molecule has 13 nitrogen and oxygen atoms in total. The van der Waals surface area contributed by atoms with Crippen molar-refractivity contribution in [3.63, 3.8) is 0 Å². The van der Waals surface area contributed by atoms with Crippen LogP contribution < -0.4 is 4.74 Å². The summed E-state index contributed by atoms with van der Waals surface area (Å²) >= 11 is 1.17. The highest BCUT2D eigenvalue weighted by Crippen LogP contribution is 2.43. The number of aromatic nitrogens is 6. The van der Waals surface area contributed by atoms with Crippen LogP contribution in [0.2, 0.25) is 0 Å². The Bertz CT molecular complexity index is 1730. The summed E-state index contributed by atoms with van der Waals surface area (Å²) in [6, 6.07) is 1.93. The first-order valence-electron chi connectivity index (χ1n) is 14.3. The Morgan fingerprint density at radius 1 is 0.978 bits per heavy atom. The standard InChI is InChI=1S/C31H36N8O5S/c1-17-11-34-23(18(2)26(17)42-9)14-38-35-22-10-20(19-12-32-16-33-13-19)21-15-45-37-27(25(36-38)24(21)22)39(28(40)43-30(3,4)5)29(41)44-31(6,7)8/h10-13,16H,14-15H2,1-9H3. The van der Waals surface area contributed by atoms with Gasteiger partial charge in [-0.1, -0.05) is 0 Å². The molecule has 0 N–H and O–H groups in total. The third-order valence-corrected chi connectivity index (χ3v) is 7.41. The molecule has 236 valence electrons. The van der Waals surface area contributed by atoms with E-state index in [2.05, 4.69) is 19.3 Å². The number of nitrogens with zero attached hydrogens (tertiary/aromatic N) is 8. The number of imide groups is 1. The molecular weight excluding hydrogens is 596 g/mol. The van der Waals surface area contributed by atoms with Crippen molar-refractivity contribution in [1.29, 1.82) is 0 Å². The molecule has 14 heteroatoms. The highest BCUT2D eigenvalue weighted by molar-refractivity contribution is 7.97. The zero-order valence-corrected chi connectivity index (χ0v) is 27.6. The van der Waals surface area contributed by atoms with Gasteiger partial charge in [0.25, 0.3) is 0 Å². The van der Waals surface area contributed by atoms with Crippen molar-refractivity contribution in [2.24, 2.45) is 4.40 Å². The zero-order valence-electron chi connectivity index (χ0n) is 26.8. The molecule has 5 rings (SSSR count). The highest BCUT2D eigenvalue weighted by atomic mass is 32.2. The van der Waals surface area contributed by atoms with Gasteiger partial charge >= 0.3 is 12.2 Å². The van der Waals surface area contributed by atoms with E-state index in [4.69, 9.17) is 24.4 Å². The summed E-state index contributed by atoms with van der Waals surface area (Å²) in [4.78, 5) is 42.7. The van der Waals surface area contributed by atoms with Crippen LogP contribution in [0.15, 0.2) is 35.4 Å². The summed E-state index contributed by atoms with van der Waals surface area (Å²) in [5, 5.41) is 9.72. The predicted octanol–water partition coefficient (Wildman–Crippen LogP) is 5.99. The van der Waals surface area contributed by atoms with E-state index in [1.54, 1.807) is 67.2 Å². The Kier molecular flexibility index (Phi) is 8.53. The maximum atomic E-state index is 13.7. The second kappa shape index (κ2) is 12.1. The number of methoxy groups -OCH3 is 1. The molecule has 4 heterocycles. The number of carbonyl (C=O) groups excluding carboxylic acids is 2. The maximum absolute atomic E-state index is 13.7. The van der Waals surface area contributed by atoms with E-state index in [-0.39, 0.29) is 18.1 Å². The zero-order chi connectivity index (χ0) is 32.7. The molecule has 0 unspecified atom stereocenters. The van der Waals surface area contributed by atoms with Gasteiger partial charge in [-0.25, -0.2) is 19.6 Å². The molecule has 0 bridgehead atoms. The van der Waals surface area contributed by atoms with Crippen molar-refractivity contribution in [2.45, 2.75) is 78.9 Å². The molecule has 3 aliphatic rings. The summed E-state index contributed by atoms with van der Waals surface area (Å²) in [5.74, 6) is 1.10. The van der Waals surface area contributed by atoms with Crippen LogP contribution >= 0.6 is 11.9 Å². The molecule has 2 aromatic heterocycles. The van der Waals surface area contributed by atoms with E-state index >= 15 is 0 Å². The molecule has 0 fully saturated rings.